The summed E-state index contributed by atoms with van der Waals surface area (Å²) in [6.07, 6.45) is 1.57. The SMILES string of the molecule is Cc1ccc(Sc2ccc(C=Nc3ccc(F)cc3F)cc2)cc1. The van der Waals surface area contributed by atoms with Crippen LogP contribution >= 0.6 is 11.8 Å². The monoisotopic (exact) mass is 339 g/mol. The van der Waals surface area contributed by atoms with Crippen molar-refractivity contribution in [1.82, 2.24) is 0 Å². The average Bonchev–Trinajstić information content (AvgIpc) is 2.57. The Hall–Kier alpha value is -2.46. The standard InChI is InChI=1S/C20H15F2NS/c1-14-2-7-17(8-3-14)24-18-9-4-15(5-10-18)13-23-20-11-6-16(21)12-19(20)22/h2-13H,1H3. The molecule has 1 nitrogen and oxygen atoms in total. The van der Waals surface area contributed by atoms with Crippen LogP contribution in [0, 0.1) is 18.6 Å². The van der Waals surface area contributed by atoms with E-state index in [-0.39, 0.29) is 5.69 Å². The molecule has 24 heavy (non-hydrogen) atoms. The second kappa shape index (κ2) is 7.41. The number of hydrogen-bond acceptors (Lipinski definition) is 2. The molecule has 0 aliphatic carbocycles. The first kappa shape index (κ1) is 16.4. The van der Waals surface area contributed by atoms with E-state index in [1.807, 2.05) is 24.3 Å². The number of rotatable bonds is 4. The molecule has 0 amide bonds. The highest BCUT2D eigenvalue weighted by Crippen LogP contribution is 2.27. The fraction of sp³-hybridized carbons (Fsp3) is 0.0500. The first-order chi connectivity index (χ1) is 11.6. The number of halogens is 2. The van der Waals surface area contributed by atoms with Gasteiger partial charge in [0.2, 0.25) is 0 Å². The molecule has 0 atom stereocenters. The third kappa shape index (κ3) is 4.30. The zero-order chi connectivity index (χ0) is 16.9. The maximum atomic E-state index is 13.5. The maximum Gasteiger partial charge on any atom is 0.151 e. The maximum absolute atomic E-state index is 13.5. The third-order valence-corrected chi connectivity index (χ3v) is 4.41. The Kier molecular flexibility index (Phi) is 5.06. The van der Waals surface area contributed by atoms with Crippen molar-refractivity contribution in [1.29, 1.82) is 0 Å². The molecule has 0 aromatic heterocycles. The molecule has 0 spiro atoms. The van der Waals surface area contributed by atoms with Crippen LogP contribution in [-0.2, 0) is 0 Å². The fourth-order valence-corrected chi connectivity index (χ4v) is 2.91. The molecule has 4 heteroatoms. The van der Waals surface area contributed by atoms with Gasteiger partial charge in [0.1, 0.15) is 5.82 Å². The van der Waals surface area contributed by atoms with Crippen molar-refractivity contribution in [2.45, 2.75) is 16.7 Å². The van der Waals surface area contributed by atoms with Crippen molar-refractivity contribution in [3.63, 3.8) is 0 Å². The molecule has 0 saturated heterocycles. The summed E-state index contributed by atoms with van der Waals surface area (Å²) < 4.78 is 26.4. The van der Waals surface area contributed by atoms with E-state index in [0.717, 1.165) is 16.5 Å². The lowest BCUT2D eigenvalue weighted by Gasteiger charge is -2.03. The van der Waals surface area contributed by atoms with E-state index in [0.29, 0.717) is 0 Å². The van der Waals surface area contributed by atoms with Crippen LogP contribution in [0.15, 0.2) is 81.5 Å². The lowest BCUT2D eigenvalue weighted by atomic mass is 10.2. The van der Waals surface area contributed by atoms with Crippen LogP contribution in [-0.4, -0.2) is 6.21 Å². The molecular weight excluding hydrogens is 324 g/mol. The van der Waals surface area contributed by atoms with Gasteiger partial charge in [-0.1, -0.05) is 41.6 Å². The first-order valence-corrected chi connectivity index (χ1v) is 8.25. The smallest absolute Gasteiger partial charge is 0.151 e. The highest BCUT2D eigenvalue weighted by molar-refractivity contribution is 7.99. The molecule has 0 saturated carbocycles. The zero-order valence-electron chi connectivity index (χ0n) is 13.0. The minimum absolute atomic E-state index is 0.120. The van der Waals surface area contributed by atoms with E-state index in [9.17, 15) is 8.78 Å². The van der Waals surface area contributed by atoms with Gasteiger partial charge < -0.3 is 0 Å². The van der Waals surface area contributed by atoms with E-state index in [1.54, 1.807) is 18.0 Å². The second-order valence-corrected chi connectivity index (χ2v) is 6.49. The molecule has 0 N–H and O–H groups in total. The quantitative estimate of drug-likeness (QED) is 0.517. The van der Waals surface area contributed by atoms with Crippen molar-refractivity contribution >= 4 is 23.7 Å². The summed E-state index contributed by atoms with van der Waals surface area (Å²) in [5.41, 5.74) is 2.21. The van der Waals surface area contributed by atoms with Crippen LogP contribution in [0.2, 0.25) is 0 Å². The molecule has 3 aromatic rings. The molecule has 3 rings (SSSR count). The summed E-state index contributed by atoms with van der Waals surface area (Å²) in [6.45, 7) is 2.06. The fourth-order valence-electron chi connectivity index (χ4n) is 2.09. The van der Waals surface area contributed by atoms with Crippen molar-refractivity contribution in [2.75, 3.05) is 0 Å². The molecule has 0 aliphatic heterocycles. The van der Waals surface area contributed by atoms with E-state index >= 15 is 0 Å². The summed E-state index contributed by atoms with van der Waals surface area (Å²) in [4.78, 5) is 6.36. The second-order valence-electron chi connectivity index (χ2n) is 5.34. The Morgan fingerprint density at radius 3 is 2.08 bits per heavy atom. The molecule has 0 heterocycles. The highest BCUT2D eigenvalue weighted by Gasteiger charge is 2.01. The van der Waals surface area contributed by atoms with Gasteiger partial charge in [-0.25, -0.2) is 8.78 Å². The lowest BCUT2D eigenvalue weighted by molar-refractivity contribution is 0.585. The van der Waals surface area contributed by atoms with E-state index in [1.165, 1.54) is 22.6 Å². The van der Waals surface area contributed by atoms with Crippen LogP contribution in [0.1, 0.15) is 11.1 Å². The number of aryl methyl sites for hydroxylation is 1. The topological polar surface area (TPSA) is 12.4 Å². The van der Waals surface area contributed by atoms with Crippen LogP contribution in [0.25, 0.3) is 0 Å². The zero-order valence-corrected chi connectivity index (χ0v) is 13.9. The Morgan fingerprint density at radius 2 is 1.46 bits per heavy atom. The average molecular weight is 339 g/mol. The molecule has 3 aromatic carbocycles. The largest absolute Gasteiger partial charge is 0.253 e. The summed E-state index contributed by atoms with van der Waals surface area (Å²) >= 11 is 1.68. The molecule has 0 aliphatic rings. The van der Waals surface area contributed by atoms with Crippen LogP contribution in [0.3, 0.4) is 0 Å². The van der Waals surface area contributed by atoms with Crippen LogP contribution in [0.5, 0.6) is 0 Å². The molecular formula is C20H15F2NS. The van der Waals surface area contributed by atoms with Crippen LogP contribution < -0.4 is 0 Å². The summed E-state index contributed by atoms with van der Waals surface area (Å²) in [6, 6.07) is 19.5. The van der Waals surface area contributed by atoms with Crippen molar-refractivity contribution in [3.05, 3.63) is 89.5 Å². The lowest BCUT2D eigenvalue weighted by Crippen LogP contribution is -1.83. The van der Waals surface area contributed by atoms with Crippen molar-refractivity contribution in [3.8, 4) is 0 Å². The van der Waals surface area contributed by atoms with Crippen LogP contribution in [0.4, 0.5) is 14.5 Å². The van der Waals surface area contributed by atoms with Gasteiger partial charge in [0.05, 0.1) is 5.69 Å². The number of nitrogens with zero attached hydrogens (tertiary/aromatic N) is 1. The summed E-state index contributed by atoms with van der Waals surface area (Å²) in [5, 5.41) is 0. The predicted molar refractivity (Wildman–Crippen MR) is 95.4 cm³/mol. The minimum atomic E-state index is -0.669. The Labute approximate surface area is 144 Å². The van der Waals surface area contributed by atoms with E-state index in [2.05, 4.69) is 36.2 Å². The van der Waals surface area contributed by atoms with Crippen molar-refractivity contribution < 1.29 is 8.78 Å². The normalized spacial score (nSPS) is 11.1. The molecule has 0 unspecified atom stereocenters. The number of hydrogen-bond donors (Lipinski definition) is 0. The van der Waals surface area contributed by atoms with Gasteiger partial charge in [0.25, 0.3) is 0 Å². The molecule has 0 radical (unpaired) electrons. The highest BCUT2D eigenvalue weighted by atomic mass is 32.2. The number of aliphatic imine (C=N–C) groups is 1. The Morgan fingerprint density at radius 1 is 0.833 bits per heavy atom. The minimum Gasteiger partial charge on any atom is -0.253 e. The molecule has 120 valence electrons. The first-order valence-electron chi connectivity index (χ1n) is 7.44. The van der Waals surface area contributed by atoms with Gasteiger partial charge in [-0.2, -0.15) is 0 Å². The predicted octanol–water partition coefficient (Wildman–Crippen LogP) is 6.18. The Balaban J connectivity index is 1.70. The van der Waals surface area contributed by atoms with Gasteiger partial charge in [-0.15, -0.1) is 0 Å². The molecule has 0 bridgehead atoms. The third-order valence-electron chi connectivity index (χ3n) is 3.40. The van der Waals surface area contributed by atoms with E-state index < -0.39 is 11.6 Å². The summed E-state index contributed by atoms with van der Waals surface area (Å²) in [5.74, 6) is -1.28. The van der Waals surface area contributed by atoms with Gasteiger partial charge in [0, 0.05) is 22.1 Å². The van der Waals surface area contributed by atoms with Gasteiger partial charge in [-0.05, 0) is 48.9 Å². The van der Waals surface area contributed by atoms with Gasteiger partial charge in [0.15, 0.2) is 5.82 Å². The van der Waals surface area contributed by atoms with Gasteiger partial charge in [-0.3, -0.25) is 4.99 Å². The molecule has 0 fully saturated rings. The summed E-state index contributed by atoms with van der Waals surface area (Å²) in [7, 11) is 0. The Bertz CT molecular complexity index is 856. The van der Waals surface area contributed by atoms with Gasteiger partial charge >= 0.3 is 0 Å². The van der Waals surface area contributed by atoms with E-state index in [4.69, 9.17) is 0 Å². The van der Waals surface area contributed by atoms with Crippen molar-refractivity contribution in [2.24, 2.45) is 4.99 Å². The number of benzene rings is 3.